The van der Waals surface area contributed by atoms with Gasteiger partial charge in [-0.25, -0.2) is 18.4 Å². The van der Waals surface area contributed by atoms with E-state index < -0.39 is 22.4 Å². The number of pyridine rings is 1. The van der Waals surface area contributed by atoms with Crippen molar-refractivity contribution in [2.45, 2.75) is 0 Å². The molecule has 0 radical (unpaired) electrons. The fraction of sp³-hybridized carbons (Fsp3) is 0.222. The fourth-order valence-corrected chi connectivity index (χ4v) is 3.98. The van der Waals surface area contributed by atoms with Gasteiger partial charge in [0, 0.05) is 58.9 Å². The van der Waals surface area contributed by atoms with Gasteiger partial charge in [0.1, 0.15) is 5.82 Å². The Kier molecular flexibility index (Phi) is 4.50. The number of halogens is 2. The van der Waals surface area contributed by atoms with Crippen molar-refractivity contribution in [1.29, 1.82) is 0 Å². The zero-order valence-electron chi connectivity index (χ0n) is 13.8. The van der Waals surface area contributed by atoms with E-state index >= 15 is 0 Å². The van der Waals surface area contributed by atoms with Gasteiger partial charge in [0.2, 0.25) is 0 Å². The summed E-state index contributed by atoms with van der Waals surface area (Å²) in [6, 6.07) is 8.74. The van der Waals surface area contributed by atoms with Crippen LogP contribution in [0.2, 0.25) is 0 Å². The molecule has 1 aliphatic heterocycles. The van der Waals surface area contributed by atoms with Gasteiger partial charge in [0.15, 0.2) is 11.6 Å². The second-order valence-electron chi connectivity index (χ2n) is 6.01. The van der Waals surface area contributed by atoms with Crippen molar-refractivity contribution in [2.24, 2.45) is 0 Å². The highest BCUT2D eigenvalue weighted by Crippen LogP contribution is 2.24. The van der Waals surface area contributed by atoms with Crippen LogP contribution in [0, 0.1) is 11.6 Å². The van der Waals surface area contributed by atoms with Crippen molar-refractivity contribution < 1.29 is 13.0 Å². The van der Waals surface area contributed by atoms with Crippen LogP contribution in [0.5, 0.6) is 0 Å². The van der Waals surface area contributed by atoms with Crippen molar-refractivity contribution in [1.82, 2.24) is 14.8 Å². The van der Waals surface area contributed by atoms with Crippen molar-refractivity contribution in [3.05, 3.63) is 60.6 Å². The molecule has 1 saturated heterocycles. The van der Waals surface area contributed by atoms with E-state index in [9.17, 15) is 13.0 Å². The quantitative estimate of drug-likeness (QED) is 0.707. The summed E-state index contributed by atoms with van der Waals surface area (Å²) in [7, 11) is -0.700. The van der Waals surface area contributed by atoms with Gasteiger partial charge in [-0.05, 0) is 17.7 Å². The molecule has 0 unspecified atom stereocenters. The Bertz CT molecular complexity index is 948. The van der Waals surface area contributed by atoms with Crippen molar-refractivity contribution >= 4 is 16.5 Å². The molecule has 1 fully saturated rings. The Morgan fingerprint density at radius 1 is 1.00 bits per heavy atom. The largest absolute Gasteiger partial charge is 0.370 e. The van der Waals surface area contributed by atoms with E-state index in [1.807, 2.05) is 24.3 Å². The molecule has 3 heterocycles. The molecule has 8 heteroatoms. The van der Waals surface area contributed by atoms with E-state index in [-0.39, 0.29) is 5.82 Å². The van der Waals surface area contributed by atoms with Gasteiger partial charge >= 0.3 is 0 Å². The lowest BCUT2D eigenvalue weighted by atomic mass is 10.1. The third-order valence-corrected chi connectivity index (χ3v) is 5.61. The first-order valence-electron chi connectivity index (χ1n) is 8.16. The van der Waals surface area contributed by atoms with Crippen LogP contribution in [0.1, 0.15) is 0 Å². The van der Waals surface area contributed by atoms with Crippen LogP contribution < -0.4 is 4.90 Å². The summed E-state index contributed by atoms with van der Waals surface area (Å²) in [6.45, 7) is 1.58. The van der Waals surface area contributed by atoms with Gasteiger partial charge in [0.25, 0.3) is 0 Å². The Morgan fingerprint density at radius 2 is 1.73 bits per heavy atom. The maximum absolute atomic E-state index is 13.8. The lowest BCUT2D eigenvalue weighted by molar-refractivity contribution is 0.560. The van der Waals surface area contributed by atoms with Crippen LogP contribution in [-0.2, 0) is 10.8 Å². The first kappa shape index (κ1) is 16.8. The average Bonchev–Trinajstić information content (AvgIpc) is 3.12. The summed E-state index contributed by atoms with van der Waals surface area (Å²) in [5.41, 5.74) is 2.83. The van der Waals surface area contributed by atoms with Gasteiger partial charge < -0.3 is 4.90 Å². The molecule has 0 amide bonds. The fourth-order valence-electron chi connectivity index (χ4n) is 2.92. The van der Waals surface area contributed by atoms with Gasteiger partial charge in [-0.2, -0.15) is 5.10 Å². The summed E-state index contributed by atoms with van der Waals surface area (Å²) in [5, 5.41) is 4.12. The van der Waals surface area contributed by atoms with E-state index in [0.29, 0.717) is 11.5 Å². The standard InChI is InChI=1S/C18H16F2N4OS/c19-15-9-17(20)18(21-11-15)24-12-14(10-22-24)13-1-3-16(4-2-13)23-5-7-26(25)8-6-23/h1-4,9-12H,5-8H2. The number of benzene rings is 1. The molecule has 0 aliphatic carbocycles. The smallest absolute Gasteiger partial charge is 0.189 e. The Morgan fingerprint density at radius 3 is 2.42 bits per heavy atom. The molecule has 5 nitrogen and oxygen atoms in total. The second kappa shape index (κ2) is 6.95. The topological polar surface area (TPSA) is 51.0 Å². The molecule has 134 valence electrons. The van der Waals surface area contributed by atoms with Crippen molar-refractivity contribution in [2.75, 3.05) is 29.5 Å². The highest BCUT2D eigenvalue weighted by atomic mass is 32.2. The second-order valence-corrected chi connectivity index (χ2v) is 7.71. The maximum atomic E-state index is 13.8. The number of aromatic nitrogens is 3. The van der Waals surface area contributed by atoms with E-state index in [4.69, 9.17) is 0 Å². The van der Waals surface area contributed by atoms with Crippen LogP contribution in [0.25, 0.3) is 16.9 Å². The molecule has 0 bridgehead atoms. The zero-order valence-corrected chi connectivity index (χ0v) is 14.6. The molecule has 0 N–H and O–H groups in total. The third-order valence-electron chi connectivity index (χ3n) is 4.33. The van der Waals surface area contributed by atoms with Gasteiger partial charge in [0.05, 0.1) is 12.4 Å². The maximum Gasteiger partial charge on any atom is 0.189 e. The molecule has 0 saturated carbocycles. The Labute approximate surface area is 151 Å². The van der Waals surface area contributed by atoms with Crippen LogP contribution >= 0.6 is 0 Å². The molecule has 4 rings (SSSR count). The SMILES string of the molecule is O=S1CCN(c2ccc(-c3cnn(-c4ncc(F)cc4F)c3)cc2)CC1. The van der Waals surface area contributed by atoms with Crippen LogP contribution in [0.3, 0.4) is 0 Å². The van der Waals surface area contributed by atoms with E-state index in [1.165, 1.54) is 4.68 Å². The van der Waals surface area contributed by atoms with E-state index in [1.54, 1.807) is 12.4 Å². The number of nitrogens with zero attached hydrogens (tertiary/aromatic N) is 4. The average molecular weight is 374 g/mol. The molecule has 2 aromatic heterocycles. The number of anilines is 1. The lowest BCUT2D eigenvalue weighted by Gasteiger charge is -2.28. The zero-order chi connectivity index (χ0) is 18.1. The highest BCUT2D eigenvalue weighted by Gasteiger charge is 2.16. The Balaban J connectivity index is 1.55. The summed E-state index contributed by atoms with van der Waals surface area (Å²) in [5.74, 6) is -0.140. The van der Waals surface area contributed by atoms with Crippen LogP contribution in [-0.4, -0.2) is 43.6 Å². The molecule has 0 spiro atoms. The molecular weight excluding hydrogens is 358 g/mol. The van der Waals surface area contributed by atoms with Crippen molar-refractivity contribution in [3.8, 4) is 16.9 Å². The number of rotatable bonds is 3. The van der Waals surface area contributed by atoms with Gasteiger partial charge in [-0.15, -0.1) is 0 Å². The summed E-state index contributed by atoms with van der Waals surface area (Å²) in [4.78, 5) is 5.97. The molecular formula is C18H16F2N4OS. The number of hydrogen-bond acceptors (Lipinski definition) is 4. The number of hydrogen-bond donors (Lipinski definition) is 0. The molecule has 3 aromatic rings. The summed E-state index contributed by atoms with van der Waals surface area (Å²) >= 11 is 0. The molecule has 1 aromatic carbocycles. The van der Waals surface area contributed by atoms with E-state index in [0.717, 1.165) is 42.2 Å². The van der Waals surface area contributed by atoms with Crippen LogP contribution in [0.4, 0.5) is 14.5 Å². The predicted molar refractivity (Wildman–Crippen MR) is 96.8 cm³/mol. The van der Waals surface area contributed by atoms with Crippen LogP contribution in [0.15, 0.2) is 48.9 Å². The summed E-state index contributed by atoms with van der Waals surface area (Å²) in [6.07, 6.45) is 4.23. The monoisotopic (exact) mass is 374 g/mol. The third kappa shape index (κ3) is 3.37. The Hall–Kier alpha value is -2.61. The lowest BCUT2D eigenvalue weighted by Crippen LogP contribution is -2.37. The summed E-state index contributed by atoms with van der Waals surface area (Å²) < 4.78 is 39.6. The minimum Gasteiger partial charge on any atom is -0.370 e. The van der Waals surface area contributed by atoms with Crippen molar-refractivity contribution in [3.63, 3.8) is 0 Å². The van der Waals surface area contributed by atoms with Gasteiger partial charge in [-0.3, -0.25) is 4.21 Å². The molecule has 0 atom stereocenters. The first-order chi connectivity index (χ1) is 12.6. The first-order valence-corrected chi connectivity index (χ1v) is 9.65. The molecule has 26 heavy (non-hydrogen) atoms. The minimum atomic E-state index is -0.766. The predicted octanol–water partition coefficient (Wildman–Crippen LogP) is 2.78. The highest BCUT2D eigenvalue weighted by molar-refractivity contribution is 7.85. The van der Waals surface area contributed by atoms with Gasteiger partial charge in [-0.1, -0.05) is 12.1 Å². The molecule has 1 aliphatic rings. The normalized spacial score (nSPS) is 15.4. The minimum absolute atomic E-state index is 0.0458. The van der Waals surface area contributed by atoms with E-state index in [2.05, 4.69) is 15.0 Å².